The normalized spacial score (nSPS) is 16.8. The van der Waals surface area contributed by atoms with Crippen LogP contribution in [0.1, 0.15) is 70.3 Å². The smallest absolute Gasteiger partial charge is 0.153 e. The van der Waals surface area contributed by atoms with Gasteiger partial charge in [-0.15, -0.1) is 0 Å². The van der Waals surface area contributed by atoms with Crippen molar-refractivity contribution in [2.75, 3.05) is 26.2 Å². The lowest BCUT2D eigenvalue weighted by Gasteiger charge is -2.51. The number of nitrogens with zero attached hydrogens (tertiary/aromatic N) is 3. The largest absolute Gasteiger partial charge is 0.493 e. The Hall–Kier alpha value is -4.42. The zero-order valence-corrected chi connectivity index (χ0v) is 28.8. The first-order chi connectivity index (χ1) is 23.8. The van der Waals surface area contributed by atoms with Gasteiger partial charge in [-0.1, -0.05) is 41.9 Å². The fourth-order valence-electron chi connectivity index (χ4n) is 6.97. The summed E-state index contributed by atoms with van der Waals surface area (Å²) in [5.74, 6) is 1.61. The van der Waals surface area contributed by atoms with Crippen molar-refractivity contribution >= 4 is 17.9 Å². The standard InChI is InChI=1S/C40H42ClN3O5/c1-27-31(26-49-38-20-37(32(24-45)19-35(38)41)48-25-30-18-29(21-42)22-43-23-30)6-3-7-33(27)34-8-4-9-36(28(34)2)47-17-5-14-44-15-12-40(13-16-44)11-10-39(40)46/h3-4,6-9,18-20,22-24,39,46H,5,10-17,25-26H2,1-2H3. The maximum absolute atomic E-state index is 11.8. The molecule has 1 aromatic heterocycles. The second-order valence-electron chi connectivity index (χ2n) is 13.2. The van der Waals surface area contributed by atoms with Gasteiger partial charge in [0.2, 0.25) is 0 Å². The molecule has 1 unspecified atom stereocenters. The van der Waals surface area contributed by atoms with Crippen LogP contribution in [-0.2, 0) is 13.2 Å². The van der Waals surface area contributed by atoms with E-state index >= 15 is 0 Å². The molecule has 9 heteroatoms. The second-order valence-corrected chi connectivity index (χ2v) is 13.6. The number of halogens is 1. The van der Waals surface area contributed by atoms with Crippen LogP contribution < -0.4 is 14.2 Å². The molecule has 2 heterocycles. The van der Waals surface area contributed by atoms with E-state index in [4.69, 9.17) is 31.1 Å². The van der Waals surface area contributed by atoms with Gasteiger partial charge < -0.3 is 24.2 Å². The Morgan fingerprint density at radius 2 is 1.71 bits per heavy atom. The van der Waals surface area contributed by atoms with Crippen molar-refractivity contribution in [1.82, 2.24) is 9.88 Å². The lowest BCUT2D eigenvalue weighted by molar-refractivity contribution is -0.0994. The summed E-state index contributed by atoms with van der Waals surface area (Å²) in [6.07, 6.45) is 9.00. The van der Waals surface area contributed by atoms with Crippen molar-refractivity contribution in [1.29, 1.82) is 5.26 Å². The number of likely N-dealkylation sites (tertiary alicyclic amines) is 1. The fraction of sp³-hybridized carbons (Fsp3) is 0.375. The van der Waals surface area contributed by atoms with E-state index in [0.29, 0.717) is 46.1 Å². The van der Waals surface area contributed by atoms with Crippen molar-refractivity contribution in [2.45, 2.75) is 65.3 Å². The Labute approximate surface area is 293 Å². The zero-order chi connectivity index (χ0) is 34.4. The van der Waals surface area contributed by atoms with Gasteiger partial charge in [0.1, 0.15) is 36.5 Å². The van der Waals surface area contributed by atoms with Crippen LogP contribution in [0.5, 0.6) is 17.2 Å². The number of hydrogen-bond acceptors (Lipinski definition) is 8. The third-order valence-electron chi connectivity index (χ3n) is 10.3. The summed E-state index contributed by atoms with van der Waals surface area (Å²) in [5, 5.41) is 19.7. The molecule has 8 nitrogen and oxygen atoms in total. The Morgan fingerprint density at radius 1 is 0.959 bits per heavy atom. The summed E-state index contributed by atoms with van der Waals surface area (Å²) in [6, 6.07) is 19.3. The molecule has 2 aliphatic rings. The van der Waals surface area contributed by atoms with Crippen LogP contribution in [0, 0.1) is 30.6 Å². The van der Waals surface area contributed by atoms with E-state index in [9.17, 15) is 9.90 Å². The molecule has 0 radical (unpaired) electrons. The molecule has 4 aromatic rings. The highest BCUT2D eigenvalue weighted by molar-refractivity contribution is 6.32. The van der Waals surface area contributed by atoms with Gasteiger partial charge in [0.15, 0.2) is 6.29 Å². The topological polar surface area (TPSA) is 105 Å². The number of aldehydes is 1. The predicted molar refractivity (Wildman–Crippen MR) is 189 cm³/mol. The van der Waals surface area contributed by atoms with Crippen molar-refractivity contribution in [3.8, 4) is 34.4 Å². The number of piperidine rings is 1. The summed E-state index contributed by atoms with van der Waals surface area (Å²) in [4.78, 5) is 18.3. The summed E-state index contributed by atoms with van der Waals surface area (Å²) < 4.78 is 18.4. The molecule has 254 valence electrons. The summed E-state index contributed by atoms with van der Waals surface area (Å²) >= 11 is 6.52. The van der Waals surface area contributed by atoms with Crippen LogP contribution in [0.25, 0.3) is 11.1 Å². The molecule has 49 heavy (non-hydrogen) atoms. The van der Waals surface area contributed by atoms with E-state index < -0.39 is 0 Å². The molecular formula is C40H42ClN3O5. The average Bonchev–Trinajstić information content (AvgIpc) is 3.13. The molecule has 6 rings (SSSR count). The first-order valence-corrected chi connectivity index (χ1v) is 17.3. The molecule has 1 atom stereocenters. The van der Waals surface area contributed by atoms with E-state index in [1.807, 2.05) is 24.3 Å². The number of hydrogen-bond donors (Lipinski definition) is 1. The molecule has 0 bridgehead atoms. The lowest BCUT2D eigenvalue weighted by atomic mass is 9.61. The quantitative estimate of drug-likeness (QED) is 0.112. The predicted octanol–water partition coefficient (Wildman–Crippen LogP) is 7.87. The van der Waals surface area contributed by atoms with Gasteiger partial charge in [0, 0.05) is 30.6 Å². The maximum atomic E-state index is 11.8. The van der Waals surface area contributed by atoms with E-state index in [0.717, 1.165) is 78.9 Å². The number of aliphatic hydroxyl groups excluding tert-OH is 1. The van der Waals surface area contributed by atoms with Crippen molar-refractivity contribution in [2.24, 2.45) is 5.41 Å². The Kier molecular flexibility index (Phi) is 10.8. The molecule has 1 N–H and O–H groups in total. The van der Waals surface area contributed by atoms with Crippen LogP contribution in [-0.4, -0.2) is 53.6 Å². The molecule has 1 saturated carbocycles. The monoisotopic (exact) mass is 679 g/mol. The Morgan fingerprint density at radius 3 is 2.43 bits per heavy atom. The first-order valence-electron chi connectivity index (χ1n) is 16.9. The van der Waals surface area contributed by atoms with Crippen LogP contribution in [0.2, 0.25) is 5.02 Å². The van der Waals surface area contributed by atoms with Crippen LogP contribution in [0.15, 0.2) is 67.0 Å². The minimum Gasteiger partial charge on any atom is -0.493 e. The van der Waals surface area contributed by atoms with Gasteiger partial charge in [0.05, 0.1) is 28.9 Å². The summed E-state index contributed by atoms with van der Waals surface area (Å²) in [6.45, 7) is 8.36. The van der Waals surface area contributed by atoms with Gasteiger partial charge in [-0.25, -0.2) is 0 Å². The molecular weight excluding hydrogens is 638 g/mol. The van der Waals surface area contributed by atoms with Gasteiger partial charge in [-0.05, 0) is 110 Å². The number of carbonyl (C=O) groups is 1. The second kappa shape index (κ2) is 15.4. The highest BCUT2D eigenvalue weighted by Crippen LogP contribution is 2.49. The van der Waals surface area contributed by atoms with Crippen molar-refractivity contribution in [3.63, 3.8) is 0 Å². The number of aromatic nitrogens is 1. The van der Waals surface area contributed by atoms with E-state index in [1.54, 1.807) is 18.3 Å². The first kappa shape index (κ1) is 34.4. The minimum atomic E-state index is -0.0936. The molecule has 3 aromatic carbocycles. The minimum absolute atomic E-state index is 0.0936. The SMILES string of the molecule is Cc1c(COc2cc(OCc3cncc(C#N)c3)c(C=O)cc2Cl)cccc1-c1cccc(OCCCN2CCC3(CCC3O)CC2)c1C. The third-order valence-corrected chi connectivity index (χ3v) is 10.6. The van der Waals surface area contributed by atoms with Gasteiger partial charge in [0.25, 0.3) is 0 Å². The van der Waals surface area contributed by atoms with Crippen LogP contribution in [0.3, 0.4) is 0 Å². The number of benzene rings is 3. The summed E-state index contributed by atoms with van der Waals surface area (Å²) in [5.41, 5.74) is 7.01. The zero-order valence-electron chi connectivity index (χ0n) is 28.1. The number of carbonyl (C=O) groups excluding carboxylic acids is 1. The average molecular weight is 680 g/mol. The molecule has 1 aliphatic carbocycles. The number of ether oxygens (including phenoxy) is 3. The van der Waals surface area contributed by atoms with Gasteiger partial charge in [-0.3, -0.25) is 9.78 Å². The molecule has 1 aliphatic heterocycles. The van der Waals surface area contributed by atoms with Crippen LogP contribution >= 0.6 is 11.6 Å². The van der Waals surface area contributed by atoms with Gasteiger partial charge in [-0.2, -0.15) is 5.26 Å². The van der Waals surface area contributed by atoms with Crippen molar-refractivity contribution in [3.05, 3.63) is 105 Å². The number of pyridine rings is 1. The Bertz CT molecular complexity index is 1850. The van der Waals surface area contributed by atoms with E-state index in [2.05, 4.69) is 41.9 Å². The molecule has 0 amide bonds. The number of rotatable bonds is 13. The number of aliphatic hydroxyl groups is 1. The fourth-order valence-corrected chi connectivity index (χ4v) is 7.20. The highest BCUT2D eigenvalue weighted by atomic mass is 35.5. The lowest BCUT2D eigenvalue weighted by Crippen LogP contribution is -2.52. The van der Waals surface area contributed by atoms with Gasteiger partial charge >= 0.3 is 0 Å². The maximum Gasteiger partial charge on any atom is 0.153 e. The van der Waals surface area contributed by atoms with Crippen molar-refractivity contribution < 1.29 is 24.1 Å². The Balaban J connectivity index is 1.08. The van der Waals surface area contributed by atoms with Crippen LogP contribution in [0.4, 0.5) is 0 Å². The highest BCUT2D eigenvalue weighted by Gasteiger charge is 2.47. The third kappa shape index (κ3) is 7.75. The number of nitriles is 1. The summed E-state index contributed by atoms with van der Waals surface area (Å²) in [7, 11) is 0. The van der Waals surface area contributed by atoms with E-state index in [1.165, 1.54) is 18.7 Å². The van der Waals surface area contributed by atoms with E-state index in [-0.39, 0.29) is 24.7 Å². The molecule has 1 saturated heterocycles. The molecule has 2 fully saturated rings. The molecule has 1 spiro atoms.